The van der Waals surface area contributed by atoms with E-state index in [4.69, 9.17) is 14.2 Å². The maximum Gasteiger partial charge on any atom is 0.264 e. The number of hydrogen-bond acceptors (Lipinski definition) is 7. The van der Waals surface area contributed by atoms with Crippen LogP contribution in [0.3, 0.4) is 0 Å². The SMILES string of the molecule is COc1cc(-c2cn(C)c(=O)c(C)c2C)cc(OC)c1CN1CCC(Oc2cccc3c2CCN(C(=O)/C(C#N)=C/C(C)(C)C)C3C)CC1. The van der Waals surface area contributed by atoms with E-state index in [2.05, 4.69) is 17.0 Å². The molecule has 1 unspecified atom stereocenters. The highest BCUT2D eigenvalue weighted by Gasteiger charge is 2.32. The Hall–Kier alpha value is -4.55. The lowest BCUT2D eigenvalue weighted by Crippen LogP contribution is -2.40. The van der Waals surface area contributed by atoms with E-state index in [-0.39, 0.29) is 34.6 Å². The molecule has 0 spiro atoms. The average Bonchev–Trinajstić information content (AvgIpc) is 3.08. The molecule has 3 heterocycles. The number of hydrogen-bond donors (Lipinski definition) is 0. The van der Waals surface area contributed by atoms with Gasteiger partial charge in [-0.15, -0.1) is 0 Å². The van der Waals surface area contributed by atoms with Crippen LogP contribution in [-0.4, -0.2) is 60.2 Å². The second-order valence-electron chi connectivity index (χ2n) is 14.4. The Labute approximate surface area is 290 Å². The van der Waals surface area contributed by atoms with Gasteiger partial charge in [0, 0.05) is 56.1 Å². The molecule has 5 rings (SSSR count). The van der Waals surface area contributed by atoms with Gasteiger partial charge in [0.25, 0.3) is 11.5 Å². The maximum atomic E-state index is 13.4. The lowest BCUT2D eigenvalue weighted by atomic mass is 9.90. The highest BCUT2D eigenvalue weighted by atomic mass is 16.5. The molecule has 0 bridgehead atoms. The molecule has 260 valence electrons. The van der Waals surface area contributed by atoms with E-state index in [1.54, 1.807) is 31.9 Å². The van der Waals surface area contributed by atoms with Crippen molar-refractivity contribution < 1.29 is 19.0 Å². The predicted molar refractivity (Wildman–Crippen MR) is 192 cm³/mol. The minimum Gasteiger partial charge on any atom is -0.496 e. The quantitative estimate of drug-likeness (QED) is 0.196. The summed E-state index contributed by atoms with van der Waals surface area (Å²) >= 11 is 0. The van der Waals surface area contributed by atoms with Crippen molar-refractivity contribution in [2.75, 3.05) is 33.9 Å². The number of nitrogens with zero attached hydrogens (tertiary/aromatic N) is 4. The van der Waals surface area contributed by atoms with Gasteiger partial charge >= 0.3 is 0 Å². The van der Waals surface area contributed by atoms with Crippen LogP contribution in [0, 0.1) is 30.6 Å². The first kappa shape index (κ1) is 35.7. The number of rotatable bonds is 8. The van der Waals surface area contributed by atoms with Crippen LogP contribution >= 0.6 is 0 Å². The third-order valence-corrected chi connectivity index (χ3v) is 9.94. The molecule has 2 aliphatic rings. The Kier molecular flexibility index (Phi) is 10.6. The van der Waals surface area contributed by atoms with Crippen molar-refractivity contribution in [2.45, 2.75) is 79.5 Å². The molecule has 1 amide bonds. The molecule has 9 heteroatoms. The summed E-state index contributed by atoms with van der Waals surface area (Å²) in [5.41, 5.74) is 6.76. The fraction of sp³-hybridized carbons (Fsp3) is 0.475. The van der Waals surface area contributed by atoms with Crippen molar-refractivity contribution in [3.05, 3.63) is 86.3 Å². The van der Waals surface area contributed by atoms with E-state index in [1.165, 1.54) is 0 Å². The van der Waals surface area contributed by atoms with Gasteiger partial charge in [-0.3, -0.25) is 14.5 Å². The van der Waals surface area contributed by atoms with Gasteiger partial charge in [0.1, 0.15) is 35.0 Å². The first-order valence-electron chi connectivity index (χ1n) is 17.1. The fourth-order valence-electron chi connectivity index (χ4n) is 7.10. The molecule has 0 saturated carbocycles. The Morgan fingerprint density at radius 2 is 1.67 bits per heavy atom. The third-order valence-electron chi connectivity index (χ3n) is 9.94. The number of carbonyl (C=O) groups is 1. The van der Waals surface area contributed by atoms with Crippen molar-refractivity contribution >= 4 is 5.91 Å². The molecule has 1 saturated heterocycles. The van der Waals surface area contributed by atoms with Crippen molar-refractivity contribution in [3.8, 4) is 34.4 Å². The zero-order valence-electron chi connectivity index (χ0n) is 30.5. The minimum atomic E-state index is -0.263. The van der Waals surface area contributed by atoms with Gasteiger partial charge < -0.3 is 23.7 Å². The van der Waals surface area contributed by atoms with E-state index in [9.17, 15) is 14.9 Å². The van der Waals surface area contributed by atoms with Crippen LogP contribution in [0.2, 0.25) is 0 Å². The Bertz CT molecular complexity index is 1830. The van der Waals surface area contributed by atoms with E-state index in [1.807, 2.05) is 76.9 Å². The highest BCUT2D eigenvalue weighted by Crippen LogP contribution is 2.39. The summed E-state index contributed by atoms with van der Waals surface area (Å²) < 4.78 is 20.1. The van der Waals surface area contributed by atoms with Gasteiger partial charge in [-0.25, -0.2) is 0 Å². The van der Waals surface area contributed by atoms with E-state index in [0.717, 1.165) is 82.1 Å². The van der Waals surface area contributed by atoms with Crippen molar-refractivity contribution in [3.63, 3.8) is 0 Å². The summed E-state index contributed by atoms with van der Waals surface area (Å²) in [4.78, 5) is 30.1. The molecule has 2 aliphatic heterocycles. The number of methoxy groups -OCH3 is 2. The number of aromatic nitrogens is 1. The normalized spacial score (nSPS) is 17.3. The molecule has 2 aromatic carbocycles. The van der Waals surface area contributed by atoms with Gasteiger partial charge in [-0.1, -0.05) is 39.0 Å². The van der Waals surface area contributed by atoms with Gasteiger partial charge in [0.05, 0.1) is 25.8 Å². The van der Waals surface area contributed by atoms with Crippen LogP contribution in [0.1, 0.15) is 74.4 Å². The highest BCUT2D eigenvalue weighted by molar-refractivity contribution is 5.97. The minimum absolute atomic E-state index is 0.00357. The number of allylic oxidation sites excluding steroid dienone is 1. The Morgan fingerprint density at radius 1 is 1.02 bits per heavy atom. The zero-order valence-corrected chi connectivity index (χ0v) is 30.5. The predicted octanol–water partition coefficient (Wildman–Crippen LogP) is 6.67. The van der Waals surface area contributed by atoms with Crippen LogP contribution in [0.15, 0.2) is 53.0 Å². The van der Waals surface area contributed by atoms with Gasteiger partial charge in [-0.05, 0) is 80.3 Å². The Morgan fingerprint density at radius 3 is 2.27 bits per heavy atom. The van der Waals surface area contributed by atoms with Crippen LogP contribution < -0.4 is 19.8 Å². The maximum absolute atomic E-state index is 13.4. The number of aryl methyl sites for hydroxylation is 1. The molecule has 3 aromatic rings. The molecule has 49 heavy (non-hydrogen) atoms. The Balaban J connectivity index is 1.27. The van der Waals surface area contributed by atoms with E-state index < -0.39 is 0 Å². The summed E-state index contributed by atoms with van der Waals surface area (Å²) in [6.07, 6.45) is 6.17. The monoisotopic (exact) mass is 666 g/mol. The van der Waals surface area contributed by atoms with E-state index >= 15 is 0 Å². The van der Waals surface area contributed by atoms with Crippen LogP contribution in [-0.2, 0) is 24.8 Å². The van der Waals surface area contributed by atoms with Crippen molar-refractivity contribution in [1.29, 1.82) is 5.26 Å². The molecule has 1 aromatic heterocycles. The van der Waals surface area contributed by atoms with Crippen molar-refractivity contribution in [2.24, 2.45) is 12.5 Å². The molecule has 1 fully saturated rings. The molecule has 9 nitrogen and oxygen atoms in total. The fourth-order valence-corrected chi connectivity index (χ4v) is 7.10. The number of carbonyl (C=O) groups excluding carboxylic acids is 1. The number of nitriles is 1. The third kappa shape index (κ3) is 7.55. The first-order valence-corrected chi connectivity index (χ1v) is 17.1. The molecule has 0 radical (unpaired) electrons. The standard InChI is InChI=1S/C40H50N4O5/c1-25-26(2)38(45)42(7)23-33(25)28-19-36(47-8)34(37(20-28)48-9)24-43-16-13-30(14-17-43)49-35-12-10-11-31-27(3)44(18-15-32(31)35)39(46)29(22-41)21-40(4,5)6/h10-12,19-21,23,27,30H,13-18,24H2,1-9H3/b29-21+. The summed E-state index contributed by atoms with van der Waals surface area (Å²) in [7, 11) is 5.14. The lowest BCUT2D eigenvalue weighted by molar-refractivity contribution is -0.129. The summed E-state index contributed by atoms with van der Waals surface area (Å²) in [6.45, 7) is 14.8. The lowest BCUT2D eigenvalue weighted by Gasteiger charge is -2.37. The van der Waals surface area contributed by atoms with Gasteiger partial charge in [0.2, 0.25) is 0 Å². The molecule has 1 atom stereocenters. The zero-order chi connectivity index (χ0) is 35.6. The number of amides is 1. The number of pyridine rings is 1. The average molecular weight is 667 g/mol. The number of fused-ring (bicyclic) bond motifs is 1. The number of piperidine rings is 1. The molecule has 0 aliphatic carbocycles. The van der Waals surface area contributed by atoms with Crippen molar-refractivity contribution in [1.82, 2.24) is 14.4 Å². The molecule has 0 N–H and O–H groups in total. The van der Waals surface area contributed by atoms with Gasteiger partial charge in [0.15, 0.2) is 0 Å². The summed E-state index contributed by atoms with van der Waals surface area (Å²) in [5.74, 6) is 2.19. The smallest absolute Gasteiger partial charge is 0.264 e. The number of benzene rings is 2. The second-order valence-corrected chi connectivity index (χ2v) is 14.4. The van der Waals surface area contributed by atoms with E-state index in [0.29, 0.717) is 19.5 Å². The number of ether oxygens (including phenoxy) is 3. The molecular formula is C40H50N4O5. The van der Waals surface area contributed by atoms with Crippen LogP contribution in [0.25, 0.3) is 11.1 Å². The number of likely N-dealkylation sites (tertiary alicyclic amines) is 1. The van der Waals surface area contributed by atoms with Crippen LogP contribution in [0.5, 0.6) is 17.2 Å². The summed E-state index contributed by atoms with van der Waals surface area (Å²) in [5, 5.41) is 9.73. The summed E-state index contributed by atoms with van der Waals surface area (Å²) in [6, 6.07) is 12.2. The first-order chi connectivity index (χ1) is 23.3. The van der Waals surface area contributed by atoms with Crippen LogP contribution in [0.4, 0.5) is 0 Å². The largest absolute Gasteiger partial charge is 0.496 e. The topological polar surface area (TPSA) is 97.0 Å². The molecular weight excluding hydrogens is 616 g/mol. The van der Waals surface area contributed by atoms with Gasteiger partial charge in [-0.2, -0.15) is 5.26 Å². The second kappa shape index (κ2) is 14.5.